The van der Waals surface area contributed by atoms with Crippen molar-refractivity contribution in [3.05, 3.63) is 0 Å². The number of hydrogen-bond acceptors (Lipinski definition) is 8. The first-order valence-electron chi connectivity index (χ1n) is 6.35. The summed E-state index contributed by atoms with van der Waals surface area (Å²) in [6.45, 7) is -0.260. The van der Waals surface area contributed by atoms with Crippen molar-refractivity contribution in [3.63, 3.8) is 0 Å². The number of carbonyl (C=O) groups is 3. The fourth-order valence-electron chi connectivity index (χ4n) is 1.59. The Labute approximate surface area is 115 Å². The summed E-state index contributed by atoms with van der Waals surface area (Å²) in [4.78, 5) is 34.3. The van der Waals surface area contributed by atoms with Crippen molar-refractivity contribution in [2.75, 3.05) is 19.8 Å². The average molecular weight is 290 g/mol. The molecule has 2 N–H and O–H groups in total. The Bertz CT molecular complexity index is 353. The Morgan fingerprint density at radius 2 is 1.95 bits per heavy atom. The lowest BCUT2D eigenvalue weighted by Gasteiger charge is -2.16. The summed E-state index contributed by atoms with van der Waals surface area (Å²) in [7, 11) is 0. The van der Waals surface area contributed by atoms with Crippen LogP contribution in [0.25, 0.3) is 0 Å². The summed E-state index contributed by atoms with van der Waals surface area (Å²) in [6, 6.07) is 0. The quantitative estimate of drug-likeness (QED) is 0.437. The normalized spacial score (nSPS) is 21.4. The molecule has 1 fully saturated rings. The largest absolute Gasteiger partial charge is 0.465 e. The number of esters is 3. The smallest absolute Gasteiger partial charge is 0.317 e. The van der Waals surface area contributed by atoms with Gasteiger partial charge < -0.3 is 24.4 Å². The van der Waals surface area contributed by atoms with Crippen LogP contribution in [0.3, 0.4) is 0 Å². The van der Waals surface area contributed by atoms with Gasteiger partial charge in [-0.25, -0.2) is 0 Å². The molecular formula is C12H18O8. The first-order chi connectivity index (χ1) is 9.58. The molecule has 0 aromatic carbocycles. The number of rotatable bonds is 8. The van der Waals surface area contributed by atoms with Crippen LogP contribution in [0, 0.1) is 5.92 Å². The van der Waals surface area contributed by atoms with Gasteiger partial charge >= 0.3 is 17.9 Å². The minimum Gasteiger partial charge on any atom is -0.465 e. The van der Waals surface area contributed by atoms with E-state index in [2.05, 4.69) is 0 Å². The average Bonchev–Trinajstić information content (AvgIpc) is 2.77. The first-order valence-corrected chi connectivity index (χ1v) is 6.35. The van der Waals surface area contributed by atoms with E-state index < -0.39 is 30.1 Å². The highest BCUT2D eigenvalue weighted by molar-refractivity contribution is 5.84. The number of carbonyl (C=O) groups excluding carboxylic acids is 3. The van der Waals surface area contributed by atoms with Gasteiger partial charge in [-0.2, -0.15) is 0 Å². The lowest BCUT2D eigenvalue weighted by molar-refractivity contribution is -0.186. The van der Waals surface area contributed by atoms with E-state index in [0.717, 1.165) is 0 Å². The van der Waals surface area contributed by atoms with E-state index in [-0.39, 0.29) is 45.5 Å². The molecule has 0 saturated carbocycles. The molecule has 2 unspecified atom stereocenters. The van der Waals surface area contributed by atoms with Crippen molar-refractivity contribution in [2.45, 2.75) is 32.0 Å². The van der Waals surface area contributed by atoms with Gasteiger partial charge in [-0.1, -0.05) is 0 Å². The van der Waals surface area contributed by atoms with Gasteiger partial charge in [0.05, 0.1) is 13.0 Å². The summed E-state index contributed by atoms with van der Waals surface area (Å²) < 4.78 is 14.5. The van der Waals surface area contributed by atoms with Gasteiger partial charge in [-0.3, -0.25) is 14.4 Å². The molecule has 0 aromatic rings. The molecule has 8 heteroatoms. The number of hydrogen-bond donors (Lipinski definition) is 2. The molecule has 0 bridgehead atoms. The molecule has 0 amide bonds. The molecule has 1 heterocycles. The predicted molar refractivity (Wildman–Crippen MR) is 63.1 cm³/mol. The van der Waals surface area contributed by atoms with Crippen LogP contribution in [0.4, 0.5) is 0 Å². The zero-order chi connectivity index (χ0) is 15.0. The third-order valence-electron chi connectivity index (χ3n) is 2.60. The Morgan fingerprint density at radius 3 is 2.60 bits per heavy atom. The van der Waals surface area contributed by atoms with Crippen LogP contribution in [0.2, 0.25) is 0 Å². The van der Waals surface area contributed by atoms with Gasteiger partial charge in [0.15, 0.2) is 0 Å². The lowest BCUT2D eigenvalue weighted by Crippen LogP contribution is -2.30. The van der Waals surface area contributed by atoms with E-state index in [9.17, 15) is 14.4 Å². The maximum atomic E-state index is 11.7. The summed E-state index contributed by atoms with van der Waals surface area (Å²) in [5.41, 5.74) is 0. The summed E-state index contributed by atoms with van der Waals surface area (Å²) in [5.74, 6) is -3.00. The van der Waals surface area contributed by atoms with Crippen LogP contribution in [-0.2, 0) is 28.6 Å². The second-order valence-corrected chi connectivity index (χ2v) is 4.23. The highest BCUT2D eigenvalue weighted by Gasteiger charge is 2.43. The fourth-order valence-corrected chi connectivity index (χ4v) is 1.59. The van der Waals surface area contributed by atoms with Crippen LogP contribution < -0.4 is 0 Å². The second kappa shape index (κ2) is 8.49. The van der Waals surface area contributed by atoms with Crippen LogP contribution in [0.15, 0.2) is 0 Å². The van der Waals surface area contributed by atoms with Gasteiger partial charge in [0.1, 0.15) is 5.92 Å². The van der Waals surface area contributed by atoms with Crippen molar-refractivity contribution >= 4 is 17.9 Å². The monoisotopic (exact) mass is 290 g/mol. The zero-order valence-corrected chi connectivity index (χ0v) is 10.9. The highest BCUT2D eigenvalue weighted by atomic mass is 16.7. The van der Waals surface area contributed by atoms with Crippen LogP contribution in [0.5, 0.6) is 0 Å². The van der Waals surface area contributed by atoms with Gasteiger partial charge in [0.25, 0.3) is 6.29 Å². The maximum absolute atomic E-state index is 11.7. The van der Waals surface area contributed by atoms with E-state index >= 15 is 0 Å². The van der Waals surface area contributed by atoms with Crippen molar-refractivity contribution in [3.8, 4) is 0 Å². The minimum atomic E-state index is -1.28. The number of aliphatic hydroxyl groups excluding tert-OH is 2. The van der Waals surface area contributed by atoms with Crippen molar-refractivity contribution < 1.29 is 38.8 Å². The maximum Gasteiger partial charge on any atom is 0.317 e. The summed E-state index contributed by atoms with van der Waals surface area (Å²) in [5, 5.41) is 17.2. The Kier molecular flexibility index (Phi) is 6.96. The number of aliphatic hydroxyl groups is 2. The molecule has 0 aromatic heterocycles. The van der Waals surface area contributed by atoms with Crippen LogP contribution in [0.1, 0.15) is 25.7 Å². The van der Waals surface area contributed by atoms with Crippen molar-refractivity contribution in [1.82, 2.24) is 0 Å². The molecule has 1 rings (SSSR count). The molecule has 0 radical (unpaired) electrons. The molecule has 1 saturated heterocycles. The van der Waals surface area contributed by atoms with Crippen LogP contribution >= 0.6 is 0 Å². The van der Waals surface area contributed by atoms with Crippen LogP contribution in [-0.4, -0.2) is 54.2 Å². The summed E-state index contributed by atoms with van der Waals surface area (Å²) >= 11 is 0. The van der Waals surface area contributed by atoms with Gasteiger partial charge in [0.2, 0.25) is 0 Å². The lowest BCUT2D eigenvalue weighted by atomic mass is 10.1. The minimum absolute atomic E-state index is 0.0191. The Balaban J connectivity index is 2.48. The molecule has 114 valence electrons. The predicted octanol–water partition coefficient (Wildman–Crippen LogP) is -0.883. The molecule has 20 heavy (non-hydrogen) atoms. The first kappa shape index (κ1) is 16.4. The molecular weight excluding hydrogens is 272 g/mol. The van der Waals surface area contributed by atoms with Crippen molar-refractivity contribution in [1.29, 1.82) is 0 Å². The Hall–Kier alpha value is -1.67. The van der Waals surface area contributed by atoms with E-state index in [1.54, 1.807) is 0 Å². The topological polar surface area (TPSA) is 119 Å². The van der Waals surface area contributed by atoms with Crippen molar-refractivity contribution in [2.24, 2.45) is 5.92 Å². The zero-order valence-electron chi connectivity index (χ0n) is 10.9. The van der Waals surface area contributed by atoms with E-state index in [1.807, 2.05) is 0 Å². The number of cyclic esters (lactones) is 1. The SMILES string of the molecule is O=C(CCCO)OC1OC(=O)CC1C(=O)OCCCO. The second-order valence-electron chi connectivity index (χ2n) is 4.23. The third-order valence-corrected chi connectivity index (χ3v) is 2.60. The van der Waals surface area contributed by atoms with Gasteiger partial charge in [-0.15, -0.1) is 0 Å². The third kappa shape index (κ3) is 5.14. The number of ether oxygens (including phenoxy) is 3. The fraction of sp³-hybridized carbons (Fsp3) is 0.750. The van der Waals surface area contributed by atoms with E-state index in [0.29, 0.717) is 0 Å². The van der Waals surface area contributed by atoms with E-state index in [4.69, 9.17) is 24.4 Å². The molecule has 8 nitrogen and oxygen atoms in total. The summed E-state index contributed by atoms with van der Waals surface area (Å²) in [6.07, 6.45) is -1.01. The molecule has 1 aliphatic rings. The standard InChI is InChI=1S/C12H18O8/c13-4-1-3-9(15)19-12-8(7-10(16)20-12)11(17)18-6-2-5-14/h8,12-14H,1-7H2. The highest BCUT2D eigenvalue weighted by Crippen LogP contribution is 2.25. The molecule has 0 spiro atoms. The molecule has 0 aliphatic carbocycles. The Morgan fingerprint density at radius 1 is 1.25 bits per heavy atom. The van der Waals surface area contributed by atoms with Gasteiger partial charge in [0, 0.05) is 26.1 Å². The van der Waals surface area contributed by atoms with E-state index in [1.165, 1.54) is 0 Å². The molecule has 1 aliphatic heterocycles. The van der Waals surface area contributed by atoms with Gasteiger partial charge in [-0.05, 0) is 6.42 Å². The molecule has 2 atom stereocenters.